The van der Waals surface area contributed by atoms with Gasteiger partial charge in [0.2, 0.25) is 0 Å². The molecule has 21 heavy (non-hydrogen) atoms. The molecule has 7 nitrogen and oxygen atoms in total. The molecule has 0 radical (unpaired) electrons. The number of rotatable bonds is 10. The second-order valence-electron chi connectivity index (χ2n) is 4.14. The average Bonchev–Trinajstić information content (AvgIpc) is 2.45. The highest BCUT2D eigenvalue weighted by Crippen LogP contribution is 2.23. The lowest BCUT2D eigenvalue weighted by molar-refractivity contribution is -0.384. The van der Waals surface area contributed by atoms with Crippen LogP contribution in [0.25, 0.3) is 0 Å². The van der Waals surface area contributed by atoms with Crippen molar-refractivity contribution in [3.63, 3.8) is 0 Å². The Morgan fingerprint density at radius 3 is 2.29 bits per heavy atom. The number of hydrogen-bond donors (Lipinski definition) is 0. The van der Waals surface area contributed by atoms with Crippen LogP contribution in [0.2, 0.25) is 5.15 Å². The minimum Gasteiger partial charge on any atom is -0.380 e. The number of ether oxygens (including phenoxy) is 2. The van der Waals surface area contributed by atoms with Gasteiger partial charge in [-0.25, -0.2) is 4.98 Å². The van der Waals surface area contributed by atoms with Crippen LogP contribution in [-0.4, -0.2) is 49.4 Å². The fraction of sp³-hybridized carbons (Fsp3) is 0.615. The van der Waals surface area contributed by atoms with Crippen LogP contribution in [0.15, 0.2) is 12.1 Å². The number of aromatic nitrogens is 1. The van der Waals surface area contributed by atoms with E-state index in [9.17, 15) is 10.1 Å². The summed E-state index contributed by atoms with van der Waals surface area (Å²) in [5, 5.41) is 11.0. The van der Waals surface area contributed by atoms with Crippen molar-refractivity contribution < 1.29 is 14.4 Å². The molecule has 8 heteroatoms. The third-order valence-corrected chi connectivity index (χ3v) is 2.91. The highest BCUT2D eigenvalue weighted by Gasteiger charge is 2.15. The zero-order valence-corrected chi connectivity index (χ0v) is 13.0. The molecule has 1 aromatic heterocycles. The summed E-state index contributed by atoms with van der Waals surface area (Å²) < 4.78 is 10.6. The van der Waals surface area contributed by atoms with E-state index in [4.69, 9.17) is 21.1 Å². The van der Waals surface area contributed by atoms with E-state index in [2.05, 4.69) is 4.98 Å². The van der Waals surface area contributed by atoms with Crippen molar-refractivity contribution in [2.45, 2.75) is 13.8 Å². The van der Waals surface area contributed by atoms with E-state index < -0.39 is 4.92 Å². The number of pyridine rings is 1. The SMILES string of the molecule is CCOCCN(CCOCC)c1cc([N+](=O)[O-])cc(Cl)n1. The topological polar surface area (TPSA) is 77.7 Å². The molecule has 0 spiro atoms. The van der Waals surface area contributed by atoms with Crippen LogP contribution < -0.4 is 4.90 Å². The van der Waals surface area contributed by atoms with Gasteiger partial charge in [0.25, 0.3) is 5.69 Å². The second kappa shape index (κ2) is 9.49. The Bertz CT molecular complexity index is 449. The van der Waals surface area contributed by atoms with Crippen molar-refractivity contribution >= 4 is 23.1 Å². The second-order valence-corrected chi connectivity index (χ2v) is 4.53. The standard InChI is InChI=1S/C13H20ClN3O4/c1-3-20-7-5-16(6-8-21-4-2)13-10-11(17(18)19)9-12(14)15-13/h9-10H,3-8H2,1-2H3. The van der Waals surface area contributed by atoms with Crippen LogP contribution in [-0.2, 0) is 9.47 Å². The van der Waals surface area contributed by atoms with Gasteiger partial charge in [0.1, 0.15) is 11.0 Å². The first kappa shape index (κ1) is 17.6. The molecule has 0 atom stereocenters. The minimum atomic E-state index is -0.486. The summed E-state index contributed by atoms with van der Waals surface area (Å²) in [6, 6.07) is 2.64. The molecule has 0 aliphatic carbocycles. The van der Waals surface area contributed by atoms with Crippen molar-refractivity contribution in [2.24, 2.45) is 0 Å². The predicted octanol–water partition coefficient (Wildman–Crippen LogP) is 2.52. The van der Waals surface area contributed by atoms with Gasteiger partial charge in [-0.05, 0) is 13.8 Å². The molecule has 0 bridgehead atoms. The number of anilines is 1. The Morgan fingerprint density at radius 2 is 1.81 bits per heavy atom. The van der Waals surface area contributed by atoms with E-state index >= 15 is 0 Å². The number of nitrogens with zero attached hydrogens (tertiary/aromatic N) is 3. The van der Waals surface area contributed by atoms with Crippen LogP contribution in [0.5, 0.6) is 0 Å². The molecule has 0 saturated heterocycles. The lowest BCUT2D eigenvalue weighted by atomic mass is 10.3. The van der Waals surface area contributed by atoms with Crippen LogP contribution in [0.4, 0.5) is 11.5 Å². The normalized spacial score (nSPS) is 10.6. The van der Waals surface area contributed by atoms with Crippen LogP contribution >= 0.6 is 11.6 Å². The van der Waals surface area contributed by atoms with E-state index in [0.717, 1.165) is 0 Å². The average molecular weight is 318 g/mol. The first-order valence-corrected chi connectivity index (χ1v) is 7.18. The first-order chi connectivity index (χ1) is 10.1. The Morgan fingerprint density at radius 1 is 1.24 bits per heavy atom. The molecule has 118 valence electrons. The van der Waals surface area contributed by atoms with Gasteiger partial charge in [0.15, 0.2) is 0 Å². The van der Waals surface area contributed by atoms with Gasteiger partial charge in [-0.3, -0.25) is 10.1 Å². The molecule has 0 aromatic carbocycles. The molecule has 0 saturated carbocycles. The van der Waals surface area contributed by atoms with Crippen molar-refractivity contribution in [1.82, 2.24) is 4.98 Å². The lowest BCUT2D eigenvalue weighted by Crippen LogP contribution is -2.32. The molecule has 0 aliphatic heterocycles. The number of hydrogen-bond acceptors (Lipinski definition) is 6. The zero-order chi connectivity index (χ0) is 15.7. The molecule has 0 amide bonds. The van der Waals surface area contributed by atoms with Gasteiger partial charge in [-0.15, -0.1) is 0 Å². The van der Waals surface area contributed by atoms with E-state index in [1.807, 2.05) is 18.7 Å². The van der Waals surface area contributed by atoms with Crippen molar-refractivity contribution in [2.75, 3.05) is 44.4 Å². The number of nitro groups is 1. The van der Waals surface area contributed by atoms with Gasteiger partial charge < -0.3 is 14.4 Å². The molecule has 0 N–H and O–H groups in total. The lowest BCUT2D eigenvalue weighted by Gasteiger charge is -2.23. The van der Waals surface area contributed by atoms with E-state index in [1.54, 1.807) is 0 Å². The molecule has 1 aromatic rings. The van der Waals surface area contributed by atoms with E-state index in [-0.39, 0.29) is 10.8 Å². The minimum absolute atomic E-state index is 0.0807. The third-order valence-electron chi connectivity index (χ3n) is 2.72. The summed E-state index contributed by atoms with van der Waals surface area (Å²) in [5.41, 5.74) is -0.0807. The van der Waals surface area contributed by atoms with Gasteiger partial charge in [-0.1, -0.05) is 11.6 Å². The molecule has 1 rings (SSSR count). The Hall–Kier alpha value is -1.44. The van der Waals surface area contributed by atoms with Crippen LogP contribution in [0, 0.1) is 10.1 Å². The molecular weight excluding hydrogens is 298 g/mol. The molecule has 0 fully saturated rings. The summed E-state index contributed by atoms with van der Waals surface area (Å²) in [7, 11) is 0. The Labute approximate surface area is 129 Å². The zero-order valence-electron chi connectivity index (χ0n) is 12.2. The summed E-state index contributed by atoms with van der Waals surface area (Å²) >= 11 is 5.86. The van der Waals surface area contributed by atoms with Crippen molar-refractivity contribution in [3.05, 3.63) is 27.4 Å². The number of halogens is 1. The van der Waals surface area contributed by atoms with Crippen LogP contribution in [0.3, 0.4) is 0 Å². The fourth-order valence-corrected chi connectivity index (χ4v) is 1.91. The summed E-state index contributed by atoms with van der Waals surface area (Å²) in [6.07, 6.45) is 0. The Balaban J connectivity index is 2.86. The summed E-state index contributed by atoms with van der Waals surface area (Å²) in [6.45, 7) is 7.18. The molecular formula is C13H20ClN3O4. The Kier molecular flexibility index (Phi) is 7.96. The first-order valence-electron chi connectivity index (χ1n) is 6.80. The monoisotopic (exact) mass is 317 g/mol. The molecule has 0 unspecified atom stereocenters. The smallest absolute Gasteiger partial charge is 0.276 e. The maximum atomic E-state index is 10.9. The maximum absolute atomic E-state index is 10.9. The maximum Gasteiger partial charge on any atom is 0.276 e. The van der Waals surface area contributed by atoms with E-state index in [0.29, 0.717) is 45.3 Å². The molecule has 1 heterocycles. The van der Waals surface area contributed by atoms with Crippen molar-refractivity contribution in [1.29, 1.82) is 0 Å². The highest BCUT2D eigenvalue weighted by atomic mass is 35.5. The van der Waals surface area contributed by atoms with Gasteiger partial charge in [0.05, 0.1) is 30.3 Å². The quantitative estimate of drug-likeness (QED) is 0.285. The largest absolute Gasteiger partial charge is 0.380 e. The highest BCUT2D eigenvalue weighted by molar-refractivity contribution is 6.29. The summed E-state index contributed by atoms with van der Waals surface area (Å²) in [5.74, 6) is 0.452. The van der Waals surface area contributed by atoms with Gasteiger partial charge in [-0.2, -0.15) is 0 Å². The van der Waals surface area contributed by atoms with Gasteiger partial charge >= 0.3 is 0 Å². The van der Waals surface area contributed by atoms with Crippen molar-refractivity contribution in [3.8, 4) is 0 Å². The van der Waals surface area contributed by atoms with E-state index in [1.165, 1.54) is 12.1 Å². The fourth-order valence-electron chi connectivity index (χ4n) is 1.72. The van der Waals surface area contributed by atoms with Crippen LogP contribution in [0.1, 0.15) is 13.8 Å². The third kappa shape index (κ3) is 6.24. The predicted molar refractivity (Wildman–Crippen MR) is 81.1 cm³/mol. The molecule has 0 aliphatic rings. The summed E-state index contributed by atoms with van der Waals surface area (Å²) in [4.78, 5) is 16.4. The van der Waals surface area contributed by atoms with Gasteiger partial charge in [0, 0.05) is 26.3 Å².